The van der Waals surface area contributed by atoms with Gasteiger partial charge >= 0.3 is 6.03 Å². The van der Waals surface area contributed by atoms with Crippen LogP contribution < -0.4 is 10.6 Å². The summed E-state index contributed by atoms with van der Waals surface area (Å²) in [6.07, 6.45) is 0. The Morgan fingerprint density at radius 2 is 2.00 bits per heavy atom. The summed E-state index contributed by atoms with van der Waals surface area (Å²) < 4.78 is 27.5. The third-order valence-electron chi connectivity index (χ3n) is 3.75. The molecule has 6 nitrogen and oxygen atoms in total. The van der Waals surface area contributed by atoms with Crippen LogP contribution in [0.4, 0.5) is 18.7 Å². The molecule has 0 spiro atoms. The largest absolute Gasteiger partial charge is 0.365 e. The molecule has 1 fully saturated rings. The summed E-state index contributed by atoms with van der Waals surface area (Å²) in [5.41, 5.74) is 5.56. The number of hydrogen-bond donors (Lipinski definition) is 1. The highest BCUT2D eigenvalue weighted by Gasteiger charge is 2.33. The fraction of sp³-hybridized carbons (Fsp3) is 0.267. The van der Waals surface area contributed by atoms with Gasteiger partial charge in [0.2, 0.25) is 0 Å². The van der Waals surface area contributed by atoms with Crippen LogP contribution in [0, 0.1) is 18.6 Å². The lowest BCUT2D eigenvalue weighted by Crippen LogP contribution is -2.31. The zero-order valence-electron chi connectivity index (χ0n) is 12.8. The molecule has 2 aromatic rings. The number of thiazole rings is 1. The number of hydrogen-bond acceptors (Lipinski definition) is 4. The van der Waals surface area contributed by atoms with Crippen LogP contribution in [0.3, 0.4) is 0 Å². The van der Waals surface area contributed by atoms with E-state index >= 15 is 0 Å². The Morgan fingerprint density at radius 3 is 2.58 bits per heavy atom. The van der Waals surface area contributed by atoms with Crippen LogP contribution in [0.2, 0.25) is 0 Å². The molecule has 0 saturated carbocycles. The number of urea groups is 1. The predicted molar refractivity (Wildman–Crippen MR) is 84.9 cm³/mol. The van der Waals surface area contributed by atoms with Gasteiger partial charge in [-0.05, 0) is 19.1 Å². The Hall–Kier alpha value is -2.55. The van der Waals surface area contributed by atoms with Gasteiger partial charge in [0.05, 0.1) is 12.2 Å². The highest BCUT2D eigenvalue weighted by Crippen LogP contribution is 2.29. The Labute approximate surface area is 140 Å². The van der Waals surface area contributed by atoms with Crippen molar-refractivity contribution in [2.75, 3.05) is 18.0 Å². The molecule has 0 bridgehead atoms. The van der Waals surface area contributed by atoms with Crippen molar-refractivity contribution in [3.63, 3.8) is 0 Å². The summed E-state index contributed by atoms with van der Waals surface area (Å²) in [5, 5.41) is 0.350. The molecule has 0 unspecified atom stereocenters. The lowest BCUT2D eigenvalue weighted by Gasteiger charge is -2.17. The molecule has 3 rings (SSSR count). The molecule has 1 aliphatic heterocycles. The minimum atomic E-state index is -0.692. The quantitative estimate of drug-likeness (QED) is 0.917. The number of primary amides is 1. The summed E-state index contributed by atoms with van der Waals surface area (Å²) in [6.45, 7) is 2.09. The minimum absolute atomic E-state index is 0.152. The second-order valence-corrected chi connectivity index (χ2v) is 6.31. The molecular formula is C15H14F2N4O2S. The molecule has 0 aliphatic carbocycles. The van der Waals surface area contributed by atoms with Gasteiger partial charge in [0, 0.05) is 18.7 Å². The molecule has 1 saturated heterocycles. The van der Waals surface area contributed by atoms with Crippen molar-refractivity contribution in [3.05, 3.63) is 46.0 Å². The predicted octanol–water partition coefficient (Wildman–Crippen LogP) is 2.27. The Balaban J connectivity index is 1.80. The first-order valence-corrected chi connectivity index (χ1v) is 7.96. The zero-order valence-corrected chi connectivity index (χ0v) is 13.6. The van der Waals surface area contributed by atoms with Gasteiger partial charge in [-0.15, -0.1) is 0 Å². The molecule has 0 radical (unpaired) electrons. The maximum Gasteiger partial charge on any atom is 0.326 e. The number of nitrogens with two attached hydrogens (primary N) is 1. The first-order valence-electron chi connectivity index (χ1n) is 7.15. The molecule has 1 aromatic carbocycles. The number of anilines is 1. The molecule has 1 aromatic heterocycles. The molecular weight excluding hydrogens is 338 g/mol. The van der Waals surface area contributed by atoms with Crippen LogP contribution >= 0.6 is 11.3 Å². The number of nitrogens with zero attached hydrogens (tertiary/aromatic N) is 3. The van der Waals surface area contributed by atoms with E-state index in [9.17, 15) is 18.4 Å². The Morgan fingerprint density at radius 1 is 1.33 bits per heavy atom. The number of carbonyl (C=O) groups excluding carboxylic acids is 2. The van der Waals surface area contributed by atoms with Gasteiger partial charge in [-0.1, -0.05) is 17.4 Å². The van der Waals surface area contributed by atoms with Gasteiger partial charge in [-0.25, -0.2) is 18.6 Å². The molecule has 24 heavy (non-hydrogen) atoms. The normalized spacial score (nSPS) is 14.5. The van der Waals surface area contributed by atoms with Crippen LogP contribution in [-0.4, -0.2) is 34.9 Å². The van der Waals surface area contributed by atoms with Crippen molar-refractivity contribution in [2.45, 2.75) is 13.5 Å². The van der Waals surface area contributed by atoms with Crippen LogP contribution in [0.25, 0.3) is 0 Å². The van der Waals surface area contributed by atoms with Crippen LogP contribution in [0.5, 0.6) is 0 Å². The fourth-order valence-corrected chi connectivity index (χ4v) is 3.45. The molecule has 9 heteroatoms. The van der Waals surface area contributed by atoms with E-state index in [-0.39, 0.29) is 17.0 Å². The molecule has 2 N–H and O–H groups in total. The van der Waals surface area contributed by atoms with Crippen LogP contribution in [0.1, 0.15) is 20.9 Å². The second-order valence-electron chi connectivity index (χ2n) is 5.33. The third kappa shape index (κ3) is 2.82. The highest BCUT2D eigenvalue weighted by atomic mass is 32.1. The Bertz CT molecular complexity index is 804. The van der Waals surface area contributed by atoms with Gasteiger partial charge in [-0.2, -0.15) is 0 Å². The lowest BCUT2D eigenvalue weighted by atomic mass is 10.2. The molecule has 1 aliphatic rings. The van der Waals surface area contributed by atoms with Crippen molar-refractivity contribution in [1.82, 2.24) is 9.88 Å². The minimum Gasteiger partial charge on any atom is -0.365 e. The van der Waals surface area contributed by atoms with Gasteiger partial charge in [0.25, 0.3) is 5.91 Å². The Kier molecular flexibility index (Phi) is 4.18. The number of halogens is 2. The van der Waals surface area contributed by atoms with Gasteiger partial charge in [-0.3, -0.25) is 9.69 Å². The van der Waals surface area contributed by atoms with Gasteiger partial charge in [0.1, 0.15) is 16.5 Å². The first-order chi connectivity index (χ1) is 11.4. The zero-order chi connectivity index (χ0) is 17.4. The highest BCUT2D eigenvalue weighted by molar-refractivity contribution is 7.17. The van der Waals surface area contributed by atoms with Crippen molar-refractivity contribution in [1.29, 1.82) is 0 Å². The topological polar surface area (TPSA) is 79.5 Å². The summed E-state index contributed by atoms with van der Waals surface area (Å²) in [6, 6.07) is 3.17. The van der Waals surface area contributed by atoms with Crippen molar-refractivity contribution in [2.24, 2.45) is 5.73 Å². The number of carbonyl (C=O) groups is 2. The number of aromatic nitrogens is 1. The molecule has 2 heterocycles. The standard InChI is InChI=1S/C15H14F2N4O2S/c1-8-12(13(18)22)24-14(19-8)21-6-5-20(15(21)23)7-9-10(16)3-2-4-11(9)17/h2-4H,5-7H2,1H3,(H2,18,22). The maximum atomic E-state index is 13.7. The average molecular weight is 352 g/mol. The van der Waals surface area contributed by atoms with E-state index < -0.39 is 23.6 Å². The molecule has 126 valence electrons. The molecule has 0 atom stereocenters. The summed E-state index contributed by atoms with van der Waals surface area (Å²) in [7, 11) is 0. The van der Waals surface area contributed by atoms with E-state index in [4.69, 9.17) is 5.73 Å². The van der Waals surface area contributed by atoms with Crippen molar-refractivity contribution < 1.29 is 18.4 Å². The average Bonchev–Trinajstić information content (AvgIpc) is 3.06. The number of aryl methyl sites for hydroxylation is 1. The SMILES string of the molecule is Cc1nc(N2CCN(Cc3c(F)cccc3F)C2=O)sc1C(N)=O. The number of rotatable bonds is 4. The maximum absolute atomic E-state index is 13.7. The lowest BCUT2D eigenvalue weighted by molar-refractivity contribution is 0.100. The van der Waals surface area contributed by atoms with E-state index in [1.54, 1.807) is 6.92 Å². The van der Waals surface area contributed by atoms with E-state index in [1.807, 2.05) is 0 Å². The van der Waals surface area contributed by atoms with Crippen molar-refractivity contribution >= 4 is 28.4 Å². The van der Waals surface area contributed by atoms with Crippen molar-refractivity contribution in [3.8, 4) is 0 Å². The number of benzene rings is 1. The summed E-state index contributed by atoms with van der Waals surface area (Å²) in [5.74, 6) is -1.99. The number of amides is 3. The smallest absolute Gasteiger partial charge is 0.326 e. The van der Waals surface area contributed by atoms with E-state index in [1.165, 1.54) is 15.9 Å². The van der Waals surface area contributed by atoms with E-state index in [2.05, 4.69) is 4.98 Å². The summed E-state index contributed by atoms with van der Waals surface area (Å²) >= 11 is 1.03. The third-order valence-corrected chi connectivity index (χ3v) is 4.94. The van der Waals surface area contributed by atoms with E-state index in [0.29, 0.717) is 23.9 Å². The fourth-order valence-electron chi connectivity index (χ4n) is 2.51. The second kappa shape index (κ2) is 6.16. The van der Waals surface area contributed by atoms with Crippen LogP contribution in [0.15, 0.2) is 18.2 Å². The van der Waals surface area contributed by atoms with Gasteiger partial charge < -0.3 is 10.6 Å². The van der Waals surface area contributed by atoms with Gasteiger partial charge in [0.15, 0.2) is 5.13 Å². The molecule has 3 amide bonds. The first kappa shape index (κ1) is 16.3. The monoisotopic (exact) mass is 352 g/mol. The van der Waals surface area contributed by atoms with Crippen LogP contribution in [-0.2, 0) is 6.54 Å². The van der Waals surface area contributed by atoms with E-state index in [0.717, 1.165) is 23.5 Å². The summed E-state index contributed by atoms with van der Waals surface area (Å²) in [4.78, 5) is 31.0.